The van der Waals surface area contributed by atoms with Crippen LogP contribution in [0.5, 0.6) is 0 Å². The van der Waals surface area contributed by atoms with Crippen molar-refractivity contribution in [2.75, 3.05) is 5.32 Å². The van der Waals surface area contributed by atoms with Gasteiger partial charge in [0.05, 0.1) is 12.5 Å². The summed E-state index contributed by atoms with van der Waals surface area (Å²) in [7, 11) is 0. The summed E-state index contributed by atoms with van der Waals surface area (Å²) in [5.74, 6) is -0.928. The van der Waals surface area contributed by atoms with E-state index in [1.807, 2.05) is 38.1 Å². The lowest BCUT2D eigenvalue weighted by Crippen LogP contribution is -2.37. The summed E-state index contributed by atoms with van der Waals surface area (Å²) >= 11 is 12.5. The molecule has 4 nitrogen and oxygen atoms in total. The zero-order valence-electron chi connectivity index (χ0n) is 16.1. The maximum Gasteiger partial charge on any atom is 0.226 e. The van der Waals surface area contributed by atoms with Crippen LogP contribution in [0.15, 0.2) is 36.4 Å². The summed E-state index contributed by atoms with van der Waals surface area (Å²) in [6.45, 7) is 5.28. The van der Waals surface area contributed by atoms with E-state index >= 15 is 0 Å². The molecule has 0 fully saturated rings. The van der Waals surface area contributed by atoms with Gasteiger partial charge in [-0.2, -0.15) is 5.26 Å². The van der Waals surface area contributed by atoms with Gasteiger partial charge in [0.2, 0.25) is 5.91 Å². The van der Waals surface area contributed by atoms with Gasteiger partial charge in [-0.15, -0.1) is 0 Å². The Bertz CT molecular complexity index is 908. The summed E-state index contributed by atoms with van der Waals surface area (Å²) in [6, 6.07) is 12.6. The molecule has 2 aromatic carbocycles. The quantitative estimate of drug-likeness (QED) is 0.647. The first kappa shape index (κ1) is 21.9. The molecule has 0 radical (unpaired) electrons. The first-order valence-electron chi connectivity index (χ1n) is 9.08. The van der Waals surface area contributed by atoms with Gasteiger partial charge in [-0.1, -0.05) is 61.3 Å². The number of hydrogen-bond acceptors (Lipinski definition) is 3. The second kappa shape index (κ2) is 9.23. The highest BCUT2D eigenvalue weighted by Gasteiger charge is 2.43. The molecule has 0 aliphatic heterocycles. The highest BCUT2D eigenvalue weighted by molar-refractivity contribution is 6.37. The summed E-state index contributed by atoms with van der Waals surface area (Å²) in [4.78, 5) is 25.4. The Morgan fingerprint density at radius 1 is 1.04 bits per heavy atom. The maximum absolute atomic E-state index is 12.9. The number of para-hydroxylation sites is 1. The number of nitrogens with zero attached hydrogens (tertiary/aromatic N) is 1. The van der Waals surface area contributed by atoms with Crippen LogP contribution in [0.3, 0.4) is 0 Å². The molecule has 0 spiro atoms. The molecule has 0 saturated heterocycles. The highest BCUT2D eigenvalue weighted by atomic mass is 35.5. The lowest BCUT2D eigenvalue weighted by Gasteiger charge is -2.26. The number of nitrogens with one attached hydrogen (secondary N) is 1. The minimum atomic E-state index is -1.76. The zero-order chi connectivity index (χ0) is 20.9. The van der Waals surface area contributed by atoms with Gasteiger partial charge >= 0.3 is 0 Å². The van der Waals surface area contributed by atoms with Gasteiger partial charge in [0.25, 0.3) is 0 Å². The number of amides is 1. The van der Waals surface area contributed by atoms with E-state index < -0.39 is 17.1 Å². The zero-order valence-corrected chi connectivity index (χ0v) is 17.6. The SMILES string of the molecule is CCc1cccc(CC)c1NC(=O)C[C@](C#N)(C(C)=O)c1c(Cl)cccc1Cl. The van der Waals surface area contributed by atoms with Crippen molar-refractivity contribution in [3.05, 3.63) is 63.1 Å². The van der Waals surface area contributed by atoms with E-state index in [4.69, 9.17) is 23.2 Å². The first-order valence-corrected chi connectivity index (χ1v) is 9.83. The van der Waals surface area contributed by atoms with Crippen molar-refractivity contribution in [3.8, 4) is 6.07 Å². The van der Waals surface area contributed by atoms with Gasteiger partial charge < -0.3 is 5.32 Å². The molecule has 6 heteroatoms. The minimum absolute atomic E-state index is 0.169. The van der Waals surface area contributed by atoms with E-state index in [2.05, 4.69) is 5.32 Å². The first-order chi connectivity index (χ1) is 13.3. The van der Waals surface area contributed by atoms with E-state index in [9.17, 15) is 14.9 Å². The molecule has 2 aromatic rings. The average molecular weight is 417 g/mol. The van der Waals surface area contributed by atoms with Gasteiger partial charge in [0.1, 0.15) is 0 Å². The van der Waals surface area contributed by atoms with E-state index in [1.165, 1.54) is 6.92 Å². The van der Waals surface area contributed by atoms with Gasteiger partial charge in [-0.05, 0) is 43.0 Å². The molecule has 0 heterocycles. The number of ketones is 1. The van der Waals surface area contributed by atoms with Crippen molar-refractivity contribution in [2.45, 2.75) is 45.4 Å². The highest BCUT2D eigenvalue weighted by Crippen LogP contribution is 2.39. The Kier molecular flexibility index (Phi) is 7.23. The molecule has 1 N–H and O–H groups in total. The third kappa shape index (κ3) is 4.22. The molecule has 1 amide bonds. The van der Waals surface area contributed by atoms with E-state index in [0.29, 0.717) is 0 Å². The summed E-state index contributed by atoms with van der Waals surface area (Å²) in [5, 5.41) is 13.2. The second-order valence-corrected chi connectivity index (χ2v) is 7.37. The van der Waals surface area contributed by atoms with Crippen LogP contribution in [-0.4, -0.2) is 11.7 Å². The third-order valence-electron chi connectivity index (χ3n) is 4.87. The van der Waals surface area contributed by atoms with Crippen molar-refractivity contribution < 1.29 is 9.59 Å². The molecule has 0 bridgehead atoms. The number of nitriles is 1. The number of carbonyl (C=O) groups excluding carboxylic acids is 2. The van der Waals surface area contributed by atoms with Gasteiger partial charge in [0.15, 0.2) is 11.2 Å². The van der Waals surface area contributed by atoms with E-state index in [0.717, 1.165) is 29.7 Å². The van der Waals surface area contributed by atoms with Crippen molar-refractivity contribution in [1.29, 1.82) is 5.26 Å². The number of anilines is 1. The van der Waals surface area contributed by atoms with Gasteiger partial charge in [-0.3, -0.25) is 9.59 Å². The summed E-state index contributed by atoms with van der Waals surface area (Å²) in [5.41, 5.74) is 1.14. The van der Waals surface area contributed by atoms with Crippen LogP contribution in [0.4, 0.5) is 5.69 Å². The number of Topliss-reactive ketones (excluding diaryl/α,β-unsaturated/α-hetero) is 1. The number of carbonyl (C=O) groups is 2. The third-order valence-corrected chi connectivity index (χ3v) is 5.50. The van der Waals surface area contributed by atoms with Crippen molar-refractivity contribution in [3.63, 3.8) is 0 Å². The fraction of sp³-hybridized carbons (Fsp3) is 0.318. The number of halogens is 2. The Balaban J connectivity index is 2.47. The van der Waals surface area contributed by atoms with Crippen molar-refractivity contribution in [2.24, 2.45) is 0 Å². The van der Waals surface area contributed by atoms with Crippen LogP contribution >= 0.6 is 23.2 Å². The maximum atomic E-state index is 12.9. The molecule has 2 rings (SSSR count). The Morgan fingerprint density at radius 2 is 1.54 bits per heavy atom. The molecular weight excluding hydrogens is 395 g/mol. The molecule has 146 valence electrons. The topological polar surface area (TPSA) is 70.0 Å². The van der Waals surface area contributed by atoms with Crippen LogP contribution in [0, 0.1) is 11.3 Å². The number of aryl methyl sites for hydroxylation is 2. The molecular formula is C22H22Cl2N2O2. The average Bonchev–Trinajstić information content (AvgIpc) is 2.66. The predicted molar refractivity (Wildman–Crippen MR) is 113 cm³/mol. The van der Waals surface area contributed by atoms with Crippen LogP contribution in [0.1, 0.15) is 43.9 Å². The smallest absolute Gasteiger partial charge is 0.226 e. The Labute approximate surface area is 175 Å². The number of benzene rings is 2. The van der Waals surface area contributed by atoms with E-state index in [-0.39, 0.29) is 22.0 Å². The normalized spacial score (nSPS) is 12.7. The monoisotopic (exact) mass is 416 g/mol. The molecule has 0 aliphatic rings. The fourth-order valence-corrected chi connectivity index (χ4v) is 4.02. The summed E-state index contributed by atoms with van der Waals surface area (Å²) in [6.07, 6.45) is 1.12. The molecule has 0 aliphatic carbocycles. The molecule has 0 aromatic heterocycles. The number of hydrogen-bond donors (Lipinski definition) is 1. The van der Waals surface area contributed by atoms with Crippen LogP contribution in [0.25, 0.3) is 0 Å². The Morgan fingerprint density at radius 3 is 1.96 bits per heavy atom. The van der Waals surface area contributed by atoms with Crippen LogP contribution in [-0.2, 0) is 27.8 Å². The standard InChI is InChI=1S/C22H22Cl2N2O2/c1-4-15-8-6-9-16(5-2)21(15)26-19(28)12-22(13-25,14(3)27)20-17(23)10-7-11-18(20)24/h6-11H,4-5,12H2,1-3H3,(H,26,28)/t22-/m0/s1. The predicted octanol–water partition coefficient (Wildman–Crippen LogP) is 5.50. The minimum Gasteiger partial charge on any atom is -0.326 e. The molecule has 28 heavy (non-hydrogen) atoms. The lowest BCUT2D eigenvalue weighted by molar-refractivity contribution is -0.125. The molecule has 0 unspecified atom stereocenters. The molecule has 0 saturated carbocycles. The fourth-order valence-electron chi connectivity index (χ4n) is 3.30. The van der Waals surface area contributed by atoms with Gasteiger partial charge in [-0.25, -0.2) is 0 Å². The largest absolute Gasteiger partial charge is 0.326 e. The summed E-state index contributed by atoms with van der Waals surface area (Å²) < 4.78 is 0. The van der Waals surface area contributed by atoms with Crippen molar-refractivity contribution in [1.82, 2.24) is 0 Å². The van der Waals surface area contributed by atoms with Crippen molar-refractivity contribution >= 4 is 40.6 Å². The lowest BCUT2D eigenvalue weighted by atomic mass is 9.75. The van der Waals surface area contributed by atoms with Gasteiger partial charge in [0, 0.05) is 21.3 Å². The molecule has 1 atom stereocenters. The van der Waals surface area contributed by atoms with Crippen LogP contribution < -0.4 is 5.32 Å². The van der Waals surface area contributed by atoms with Crippen LogP contribution in [0.2, 0.25) is 10.0 Å². The van der Waals surface area contributed by atoms with E-state index in [1.54, 1.807) is 18.2 Å². The number of rotatable bonds is 7. The second-order valence-electron chi connectivity index (χ2n) is 6.55. The Hall–Kier alpha value is -2.35.